The molecule has 0 aliphatic heterocycles. The van der Waals surface area contributed by atoms with Crippen molar-refractivity contribution in [2.45, 2.75) is 57.8 Å². The molecule has 18 aromatic carbocycles. The first-order chi connectivity index (χ1) is 67.6. The minimum Gasteiger partial charge on any atom is -0.455 e. The van der Waals surface area contributed by atoms with Crippen LogP contribution in [0.15, 0.2) is 409 Å². The Balaban J connectivity index is 0.000000110. The van der Waals surface area contributed by atoms with Crippen molar-refractivity contribution in [2.75, 3.05) is 0 Å². The maximum Gasteiger partial charge on any atom is 0.167 e. The highest BCUT2D eigenvalue weighted by molar-refractivity contribution is 6.15. The second-order valence-electron chi connectivity index (χ2n) is 37.4. The van der Waals surface area contributed by atoms with Gasteiger partial charge in [0.2, 0.25) is 0 Å². The van der Waals surface area contributed by atoms with Crippen LogP contribution in [0.2, 0.25) is 0 Å². The van der Waals surface area contributed by atoms with Gasteiger partial charge in [0.25, 0.3) is 0 Å². The highest BCUT2D eigenvalue weighted by Crippen LogP contribution is 2.56. The summed E-state index contributed by atoms with van der Waals surface area (Å²) >= 11 is 0. The molecule has 3 aliphatic carbocycles. The Labute approximate surface area is 796 Å². The first-order valence-corrected chi connectivity index (χ1v) is 46.8. The lowest BCUT2D eigenvalue weighted by Crippen LogP contribution is -2.14. The molecule has 654 valence electrons. The number of furan rings is 3. The zero-order valence-electron chi connectivity index (χ0n) is 76.7. The fraction of sp³-hybridized carbons (Fsp3) is 0.0714. The number of fused-ring (bicyclic) bond motifs is 20. The molecule has 12 nitrogen and oxygen atoms in total. The third-order valence-electron chi connectivity index (χ3n) is 28.4. The number of hydrogen-bond acceptors (Lipinski definition) is 12. The van der Waals surface area contributed by atoms with E-state index < -0.39 is 0 Å². The largest absolute Gasteiger partial charge is 0.455 e. The predicted molar refractivity (Wildman–Crippen MR) is 564 cm³/mol. The van der Waals surface area contributed by atoms with Crippen molar-refractivity contribution in [2.24, 2.45) is 0 Å². The Morgan fingerprint density at radius 1 is 0.196 bits per heavy atom. The standard InChI is InChI=1S/C44H31N3O.C42H29N3O.C40H27N3O/c1-5-26-23-36(30-18-11-10-17-29(30)28(26)6-2)43-46-41(27-15-8-7-9-16-27)45-42(47-43)33-21-14-20-32-35-24-34-31-19-12-13-22-37(31)44(3,4)38(34)25-39(35)48-40(32)33;1-42(2)35-19-10-9-16-30(35)33-24-34-31-17-11-18-32(38(31)46-37(34)25-36(33)42)41-44-39(28-14-7-4-8-15-28)43-40(45-41)29-22-20-27(21-23-29)26-12-5-3-6-13-26;1-40(2)33-21-9-8-17-27(33)31-22-32-28-18-11-20-30(36(28)44-35(32)23-34(31)40)39-42-37(25-13-4-3-5-14-25)41-38(43-39)29-19-10-15-24-12-6-7-16-26(24)29/h5-25H,1-2H2,3-4H3;3-25H,1-2H3;3-23H,1-2H3. The highest BCUT2D eigenvalue weighted by Gasteiger charge is 2.40. The Hall–Kier alpha value is -17.6. The Morgan fingerprint density at radius 2 is 0.471 bits per heavy atom. The topological polar surface area (TPSA) is 155 Å². The van der Waals surface area contributed by atoms with E-state index in [1.54, 1.807) is 0 Å². The number of para-hydroxylation sites is 3. The monoisotopic (exact) mass is 1770 g/mol. The molecule has 24 aromatic rings. The normalized spacial score (nSPS) is 13.2. The van der Waals surface area contributed by atoms with Gasteiger partial charge < -0.3 is 13.3 Å². The zero-order chi connectivity index (χ0) is 92.8. The lowest BCUT2D eigenvalue weighted by atomic mass is 9.82. The van der Waals surface area contributed by atoms with Gasteiger partial charge in [0.15, 0.2) is 52.4 Å². The van der Waals surface area contributed by atoms with Crippen LogP contribution >= 0.6 is 0 Å². The van der Waals surface area contributed by atoms with E-state index in [-0.39, 0.29) is 16.2 Å². The molecular formula is C126H87N9O3. The number of rotatable bonds is 12. The molecule has 0 atom stereocenters. The summed E-state index contributed by atoms with van der Waals surface area (Å²) in [4.78, 5) is 45.5. The van der Waals surface area contributed by atoms with Crippen LogP contribution in [0.4, 0.5) is 0 Å². The summed E-state index contributed by atoms with van der Waals surface area (Å²) in [6.45, 7) is 21.9. The maximum atomic E-state index is 6.76. The second-order valence-corrected chi connectivity index (χ2v) is 37.4. The van der Waals surface area contributed by atoms with Crippen molar-refractivity contribution in [3.63, 3.8) is 0 Å². The Morgan fingerprint density at radius 3 is 0.870 bits per heavy atom. The van der Waals surface area contributed by atoms with Crippen LogP contribution in [-0.4, -0.2) is 44.9 Å². The third kappa shape index (κ3) is 13.5. The molecule has 0 saturated carbocycles. The molecule has 0 radical (unpaired) electrons. The molecule has 0 amide bonds. The summed E-state index contributed by atoms with van der Waals surface area (Å²) < 4.78 is 20.2. The average molecular weight is 1780 g/mol. The summed E-state index contributed by atoms with van der Waals surface area (Å²) in [6, 6.07) is 132. The molecule has 0 N–H and O–H groups in total. The van der Waals surface area contributed by atoms with E-state index in [4.69, 9.17) is 58.1 Å². The summed E-state index contributed by atoms with van der Waals surface area (Å²) in [5.41, 5.74) is 32.6. The average Bonchev–Trinajstić information content (AvgIpc) is 1.56. The molecule has 0 spiro atoms. The van der Waals surface area contributed by atoms with E-state index in [0.29, 0.717) is 52.4 Å². The molecule has 0 bridgehead atoms. The van der Waals surface area contributed by atoms with E-state index in [0.717, 1.165) is 154 Å². The Kier molecular flexibility index (Phi) is 19.3. The number of benzene rings is 18. The minimum absolute atomic E-state index is 0.103. The molecule has 12 heteroatoms. The second kappa shape index (κ2) is 32.4. The van der Waals surface area contributed by atoms with E-state index >= 15 is 0 Å². The van der Waals surface area contributed by atoms with Gasteiger partial charge in [-0.15, -0.1) is 0 Å². The van der Waals surface area contributed by atoms with Crippen molar-refractivity contribution in [1.29, 1.82) is 0 Å². The van der Waals surface area contributed by atoms with Crippen molar-refractivity contribution in [3.8, 4) is 147 Å². The number of aromatic nitrogens is 9. The SMILES string of the molecule is C=Cc1cc(-c2nc(-c3ccccc3)nc(-c3cccc4c3oc3cc5c(cc34)-c3ccccc3C5(C)C)n2)c2ccccc2c1C=C.CC1(C)c2ccccc2-c2cc3c(cc21)oc1c(-c2nc(-c4ccccc4)nc(-c4ccc(-c5ccccc5)cc4)n2)cccc13.CC1(C)c2ccccc2-c2cc3c(cc21)oc1c(-c2nc(-c4ccccc4)nc(-c4cccc5ccccc45)n2)cccc13. The van der Waals surface area contributed by atoms with E-state index in [1.807, 2.05) is 133 Å². The lowest BCUT2D eigenvalue weighted by Gasteiger charge is -2.21. The van der Waals surface area contributed by atoms with Crippen LogP contribution in [0.5, 0.6) is 0 Å². The van der Waals surface area contributed by atoms with Gasteiger partial charge in [0, 0.05) is 81.9 Å². The van der Waals surface area contributed by atoms with Crippen molar-refractivity contribution < 1.29 is 13.3 Å². The number of nitrogens with zero attached hydrogens (tertiary/aromatic N) is 9. The minimum atomic E-state index is -0.121. The molecule has 138 heavy (non-hydrogen) atoms. The van der Waals surface area contributed by atoms with Gasteiger partial charge in [0.05, 0.1) is 16.7 Å². The quantitative estimate of drug-likeness (QED) is 0.114. The van der Waals surface area contributed by atoms with Crippen LogP contribution in [0.1, 0.15) is 86.1 Å². The van der Waals surface area contributed by atoms with E-state index in [9.17, 15) is 0 Å². The van der Waals surface area contributed by atoms with E-state index in [1.165, 1.54) is 72.3 Å². The van der Waals surface area contributed by atoms with Crippen LogP contribution in [0.25, 0.3) is 247 Å². The van der Waals surface area contributed by atoms with Crippen molar-refractivity contribution in [3.05, 3.63) is 440 Å². The summed E-state index contributed by atoms with van der Waals surface area (Å²) in [7, 11) is 0. The van der Waals surface area contributed by atoms with Gasteiger partial charge in [-0.2, -0.15) is 0 Å². The summed E-state index contributed by atoms with van der Waals surface area (Å²) in [5, 5.41) is 10.8. The summed E-state index contributed by atoms with van der Waals surface area (Å²) in [5.74, 6) is 5.41. The van der Waals surface area contributed by atoms with Crippen LogP contribution in [-0.2, 0) is 16.2 Å². The predicted octanol–water partition coefficient (Wildman–Crippen LogP) is 32.5. The van der Waals surface area contributed by atoms with Gasteiger partial charge in [0.1, 0.15) is 33.5 Å². The van der Waals surface area contributed by atoms with Crippen LogP contribution in [0, 0.1) is 0 Å². The van der Waals surface area contributed by atoms with Gasteiger partial charge >= 0.3 is 0 Å². The van der Waals surface area contributed by atoms with Gasteiger partial charge in [-0.1, -0.05) is 388 Å². The molecule has 0 fully saturated rings. The highest BCUT2D eigenvalue weighted by atomic mass is 16.3. The molecule has 0 unspecified atom stereocenters. The molecule has 3 aliphatic rings. The third-order valence-corrected chi connectivity index (χ3v) is 28.4. The van der Waals surface area contributed by atoms with Crippen molar-refractivity contribution in [1.82, 2.24) is 44.9 Å². The smallest absolute Gasteiger partial charge is 0.167 e. The van der Waals surface area contributed by atoms with Crippen LogP contribution < -0.4 is 0 Å². The Bertz CT molecular complexity index is 9150. The van der Waals surface area contributed by atoms with Gasteiger partial charge in [-0.3, -0.25) is 0 Å². The maximum absolute atomic E-state index is 6.76. The molecule has 0 saturated heterocycles. The first-order valence-electron chi connectivity index (χ1n) is 46.8. The fourth-order valence-electron chi connectivity index (χ4n) is 21.4. The van der Waals surface area contributed by atoms with Gasteiger partial charge in [-0.05, 0) is 171 Å². The molecular weight excluding hydrogens is 1690 g/mol. The van der Waals surface area contributed by atoms with Crippen LogP contribution in [0.3, 0.4) is 0 Å². The summed E-state index contributed by atoms with van der Waals surface area (Å²) in [6.07, 6.45) is 3.74. The van der Waals surface area contributed by atoms with E-state index in [2.05, 4.69) is 316 Å². The van der Waals surface area contributed by atoms with Gasteiger partial charge in [-0.25, -0.2) is 44.9 Å². The molecule has 27 rings (SSSR count). The zero-order valence-corrected chi connectivity index (χ0v) is 76.7. The molecule has 6 heterocycles. The lowest BCUT2D eigenvalue weighted by molar-refractivity contribution is 0.647. The number of hydrogen-bond donors (Lipinski definition) is 0. The van der Waals surface area contributed by atoms with Crippen molar-refractivity contribution >= 4 is 99.5 Å². The fourth-order valence-corrected chi connectivity index (χ4v) is 21.4. The first kappa shape index (κ1) is 82.3. The molecule has 6 aromatic heterocycles.